The summed E-state index contributed by atoms with van der Waals surface area (Å²) in [5.41, 5.74) is 0.334. The van der Waals surface area contributed by atoms with E-state index in [-0.39, 0.29) is 40.1 Å². The van der Waals surface area contributed by atoms with Crippen LogP contribution in [0.5, 0.6) is 46.0 Å². The molecule has 0 amide bonds. The Morgan fingerprint density at radius 1 is 0.700 bits per heavy atom. The van der Waals surface area contributed by atoms with E-state index in [1.807, 2.05) is 0 Å². The largest absolute Gasteiger partial charge is 0.508 e. The molecule has 7 N–H and O–H groups in total. The van der Waals surface area contributed by atoms with Gasteiger partial charge in [0.15, 0.2) is 23.7 Å². The maximum atomic E-state index is 11.0. The first kappa shape index (κ1) is 19.3. The zero-order valence-corrected chi connectivity index (χ0v) is 15.3. The molecule has 0 spiro atoms. The summed E-state index contributed by atoms with van der Waals surface area (Å²) < 4.78 is 11.5. The summed E-state index contributed by atoms with van der Waals surface area (Å²) in [6.45, 7) is 0. The molecule has 0 saturated carbocycles. The van der Waals surface area contributed by atoms with Crippen molar-refractivity contribution in [3.8, 4) is 46.0 Å². The van der Waals surface area contributed by atoms with Gasteiger partial charge < -0.3 is 45.2 Å². The van der Waals surface area contributed by atoms with Crippen LogP contribution in [0.1, 0.15) is 23.3 Å². The topological polar surface area (TPSA) is 160 Å². The third-order valence-corrected chi connectivity index (χ3v) is 4.73. The monoisotopic (exact) mass is 414 g/mol. The Bertz CT molecular complexity index is 1090. The van der Waals surface area contributed by atoms with E-state index < -0.39 is 29.8 Å². The fourth-order valence-electron chi connectivity index (χ4n) is 3.41. The molecule has 30 heavy (non-hydrogen) atoms. The van der Waals surface area contributed by atoms with E-state index >= 15 is 0 Å². The van der Waals surface area contributed by atoms with Crippen LogP contribution in [0.15, 0.2) is 48.5 Å². The average molecular weight is 414 g/mol. The van der Waals surface area contributed by atoms with Gasteiger partial charge in [-0.1, -0.05) is 6.07 Å². The third-order valence-electron chi connectivity index (χ3n) is 4.73. The molecule has 0 aromatic heterocycles. The molecule has 3 aromatic rings. The number of hydrogen-bond acceptors (Lipinski definition) is 9. The Labute approximate surface area is 169 Å². The molecule has 1 aliphatic heterocycles. The second-order valence-electron chi connectivity index (χ2n) is 6.88. The first-order valence-corrected chi connectivity index (χ1v) is 8.85. The lowest BCUT2D eigenvalue weighted by Crippen LogP contribution is -2.37. The van der Waals surface area contributed by atoms with Gasteiger partial charge in [0.2, 0.25) is 0 Å². The Balaban J connectivity index is 1.81. The van der Waals surface area contributed by atoms with Crippen molar-refractivity contribution in [1.82, 2.24) is 0 Å². The minimum absolute atomic E-state index is 0.00387. The number of phenols is 6. The first-order chi connectivity index (χ1) is 14.2. The van der Waals surface area contributed by atoms with Crippen LogP contribution >= 0.6 is 0 Å². The zero-order valence-electron chi connectivity index (χ0n) is 15.3. The normalized spacial score (nSPS) is 20.2. The van der Waals surface area contributed by atoms with E-state index in [0.29, 0.717) is 5.56 Å². The molecule has 0 saturated heterocycles. The summed E-state index contributed by atoms with van der Waals surface area (Å²) in [4.78, 5) is 0. The Kier molecular flexibility index (Phi) is 4.59. The Hall–Kier alpha value is -3.98. The van der Waals surface area contributed by atoms with Gasteiger partial charge in [-0.2, -0.15) is 0 Å². The second kappa shape index (κ2) is 7.12. The van der Waals surface area contributed by atoms with Crippen molar-refractivity contribution in [2.45, 2.75) is 18.3 Å². The van der Waals surface area contributed by atoms with Gasteiger partial charge in [0.25, 0.3) is 0 Å². The molecule has 0 aliphatic carbocycles. The maximum absolute atomic E-state index is 11.0. The van der Waals surface area contributed by atoms with Crippen LogP contribution in [0.4, 0.5) is 0 Å². The quantitative estimate of drug-likeness (QED) is 0.320. The summed E-state index contributed by atoms with van der Waals surface area (Å²) in [6.07, 6.45) is -3.78. The van der Waals surface area contributed by atoms with Gasteiger partial charge >= 0.3 is 0 Å². The average Bonchev–Trinajstić information content (AvgIpc) is 2.65. The van der Waals surface area contributed by atoms with Crippen molar-refractivity contribution in [2.75, 3.05) is 0 Å². The molecule has 0 unspecified atom stereocenters. The fraction of sp³-hybridized carbons (Fsp3) is 0.143. The van der Waals surface area contributed by atoms with Gasteiger partial charge in [-0.25, -0.2) is 0 Å². The van der Waals surface area contributed by atoms with E-state index in [4.69, 9.17) is 9.47 Å². The third kappa shape index (κ3) is 3.42. The van der Waals surface area contributed by atoms with Gasteiger partial charge in [-0.05, 0) is 17.7 Å². The van der Waals surface area contributed by atoms with Crippen LogP contribution in [0.25, 0.3) is 0 Å². The highest BCUT2D eigenvalue weighted by Crippen LogP contribution is 2.49. The number of aliphatic hydroxyl groups is 1. The SMILES string of the molecule is Oc1cc(O)cc(O[C@H]2c3c(O)cc(O)cc3O[C@H](c3ccc(O)c(O)c3)[C@@H]2O)c1. The van der Waals surface area contributed by atoms with Crippen molar-refractivity contribution >= 4 is 0 Å². The molecule has 156 valence electrons. The summed E-state index contributed by atoms with van der Waals surface area (Å²) >= 11 is 0. The molecule has 4 rings (SSSR count). The molecule has 0 bridgehead atoms. The number of ether oxygens (including phenoxy) is 2. The van der Waals surface area contributed by atoms with Crippen LogP contribution in [-0.4, -0.2) is 41.8 Å². The summed E-state index contributed by atoms with van der Waals surface area (Å²) in [7, 11) is 0. The molecular weight excluding hydrogens is 396 g/mol. The minimum Gasteiger partial charge on any atom is -0.508 e. The van der Waals surface area contributed by atoms with Crippen molar-refractivity contribution in [3.05, 3.63) is 59.7 Å². The van der Waals surface area contributed by atoms with Crippen molar-refractivity contribution in [3.63, 3.8) is 0 Å². The van der Waals surface area contributed by atoms with Crippen LogP contribution in [0, 0.1) is 0 Å². The van der Waals surface area contributed by atoms with Crippen LogP contribution < -0.4 is 9.47 Å². The minimum atomic E-state index is -1.43. The molecule has 9 heteroatoms. The van der Waals surface area contributed by atoms with E-state index in [0.717, 1.165) is 12.1 Å². The van der Waals surface area contributed by atoms with E-state index in [1.165, 1.54) is 36.4 Å². The van der Waals surface area contributed by atoms with Crippen LogP contribution in [-0.2, 0) is 0 Å². The zero-order chi connectivity index (χ0) is 21.6. The highest BCUT2D eigenvalue weighted by Gasteiger charge is 2.42. The van der Waals surface area contributed by atoms with Crippen molar-refractivity contribution < 1.29 is 45.2 Å². The molecule has 3 aromatic carbocycles. The highest BCUT2D eigenvalue weighted by atomic mass is 16.5. The molecular formula is C21H18O9. The summed E-state index contributed by atoms with van der Waals surface area (Å²) in [5, 5.41) is 69.9. The Morgan fingerprint density at radius 3 is 2.03 bits per heavy atom. The van der Waals surface area contributed by atoms with Gasteiger partial charge in [0.1, 0.15) is 40.6 Å². The predicted octanol–water partition coefficient (Wildman–Crippen LogP) is 2.53. The predicted molar refractivity (Wildman–Crippen MR) is 102 cm³/mol. The number of phenolic OH excluding ortho intramolecular Hbond substituents is 6. The maximum Gasteiger partial charge on any atom is 0.161 e. The molecule has 1 heterocycles. The van der Waals surface area contributed by atoms with Gasteiger partial charge in [0.05, 0.1) is 5.56 Å². The second-order valence-corrected chi connectivity index (χ2v) is 6.88. The van der Waals surface area contributed by atoms with Crippen LogP contribution in [0.3, 0.4) is 0 Å². The molecule has 9 nitrogen and oxygen atoms in total. The molecule has 3 atom stereocenters. The number of hydrogen-bond donors (Lipinski definition) is 7. The van der Waals surface area contributed by atoms with Crippen molar-refractivity contribution in [2.24, 2.45) is 0 Å². The van der Waals surface area contributed by atoms with Crippen molar-refractivity contribution in [1.29, 1.82) is 0 Å². The van der Waals surface area contributed by atoms with E-state index in [1.54, 1.807) is 0 Å². The van der Waals surface area contributed by atoms with Gasteiger partial charge in [0, 0.05) is 30.3 Å². The summed E-state index contributed by atoms with van der Waals surface area (Å²) in [6, 6.07) is 9.64. The van der Waals surface area contributed by atoms with Gasteiger partial charge in [-0.3, -0.25) is 0 Å². The lowest BCUT2D eigenvalue weighted by atomic mass is 9.91. The molecule has 1 aliphatic rings. The number of rotatable bonds is 3. The lowest BCUT2D eigenvalue weighted by molar-refractivity contribution is -0.0603. The number of aromatic hydroxyl groups is 6. The molecule has 0 fully saturated rings. The highest BCUT2D eigenvalue weighted by molar-refractivity contribution is 5.54. The standard InChI is InChI=1S/C21H18O9/c22-10-4-11(23)6-13(5-10)29-21-18-16(27)7-12(24)8-17(18)30-20(19(21)28)9-1-2-14(25)15(26)3-9/h1-8,19-28H/t19-,20+,21-/m0/s1. The molecule has 0 radical (unpaired) electrons. The van der Waals surface area contributed by atoms with E-state index in [2.05, 4.69) is 0 Å². The van der Waals surface area contributed by atoms with Crippen LogP contribution in [0.2, 0.25) is 0 Å². The smallest absolute Gasteiger partial charge is 0.161 e. The lowest BCUT2D eigenvalue weighted by Gasteiger charge is -2.37. The van der Waals surface area contributed by atoms with E-state index in [9.17, 15) is 35.7 Å². The Morgan fingerprint density at radius 2 is 1.37 bits per heavy atom. The van der Waals surface area contributed by atoms with Gasteiger partial charge in [-0.15, -0.1) is 0 Å². The number of fused-ring (bicyclic) bond motifs is 1. The first-order valence-electron chi connectivity index (χ1n) is 8.85. The summed E-state index contributed by atoms with van der Waals surface area (Å²) in [5.74, 6) is -2.00. The number of benzene rings is 3. The fourth-order valence-corrected chi connectivity index (χ4v) is 3.41. The number of aliphatic hydroxyl groups excluding tert-OH is 1.